The molecule has 0 unspecified atom stereocenters. The molecule has 2 aliphatic heterocycles. The molecule has 1 aromatic carbocycles. The number of nitrogens with zero attached hydrogens (tertiary/aromatic N) is 4. The van der Waals surface area contributed by atoms with Crippen LogP contribution in [0.15, 0.2) is 12.1 Å². The van der Waals surface area contributed by atoms with E-state index in [0.717, 1.165) is 79.6 Å². The minimum atomic E-state index is -0.356. The van der Waals surface area contributed by atoms with Gasteiger partial charge in [0.1, 0.15) is 11.6 Å². The molecule has 0 spiro atoms. The van der Waals surface area contributed by atoms with E-state index in [1.165, 1.54) is 7.11 Å². The first-order chi connectivity index (χ1) is 17.6. The molecule has 1 saturated heterocycles. The molecule has 8 heteroatoms. The number of benzene rings is 1. The summed E-state index contributed by atoms with van der Waals surface area (Å²) in [6.45, 7) is 9.25. The maximum absolute atomic E-state index is 13.1. The number of carbonyl (C=O) groups is 3. The Morgan fingerprint density at radius 2 is 1.97 bits per heavy atom. The number of aryl methyl sites for hydroxylation is 1. The Balaban J connectivity index is 1.60. The lowest BCUT2D eigenvalue weighted by Gasteiger charge is -2.37. The van der Waals surface area contributed by atoms with Crippen molar-refractivity contribution in [3.05, 3.63) is 23.5 Å². The van der Waals surface area contributed by atoms with Crippen molar-refractivity contribution in [2.24, 2.45) is 11.3 Å². The van der Waals surface area contributed by atoms with E-state index in [0.29, 0.717) is 13.0 Å². The molecule has 1 aromatic heterocycles. The van der Waals surface area contributed by atoms with Gasteiger partial charge in [0.25, 0.3) is 0 Å². The third-order valence-electron chi connectivity index (χ3n) is 8.86. The van der Waals surface area contributed by atoms with Crippen LogP contribution in [-0.2, 0) is 27.3 Å². The second-order valence-electron chi connectivity index (χ2n) is 12.1. The molecule has 0 bridgehead atoms. The molecule has 1 saturated carbocycles. The molecule has 0 N–H and O–H groups in total. The zero-order valence-corrected chi connectivity index (χ0v) is 22.9. The number of anilines is 1. The fraction of sp³-hybridized carbons (Fsp3) is 0.655. The van der Waals surface area contributed by atoms with Gasteiger partial charge in [-0.2, -0.15) is 0 Å². The number of likely N-dealkylation sites (tertiary alicyclic amines) is 1. The maximum Gasteiger partial charge on any atom is 0.414 e. The van der Waals surface area contributed by atoms with Crippen LogP contribution in [0.4, 0.5) is 10.5 Å². The van der Waals surface area contributed by atoms with E-state index < -0.39 is 0 Å². The van der Waals surface area contributed by atoms with E-state index in [1.54, 1.807) is 11.8 Å². The van der Waals surface area contributed by atoms with Crippen LogP contribution < -0.4 is 4.90 Å². The fourth-order valence-electron chi connectivity index (χ4n) is 6.62. The Morgan fingerprint density at radius 1 is 1.19 bits per heavy atom. The number of piperidine rings is 1. The molecule has 0 radical (unpaired) electrons. The number of fused-ring (bicyclic) bond motifs is 3. The van der Waals surface area contributed by atoms with Crippen LogP contribution >= 0.6 is 0 Å². The van der Waals surface area contributed by atoms with Crippen LogP contribution in [0.1, 0.15) is 90.1 Å². The van der Waals surface area contributed by atoms with Crippen LogP contribution in [-0.4, -0.2) is 51.9 Å². The third kappa shape index (κ3) is 4.75. The van der Waals surface area contributed by atoms with E-state index in [4.69, 9.17) is 9.72 Å². The number of rotatable bonds is 4. The van der Waals surface area contributed by atoms with Crippen molar-refractivity contribution in [1.29, 1.82) is 0 Å². The number of aromatic nitrogens is 2. The predicted octanol–water partition coefficient (Wildman–Crippen LogP) is 5.41. The number of Topliss-reactive ketones (excluding diaryl/α,β-unsaturated/α-hetero) is 1. The number of hydrogen-bond donors (Lipinski definition) is 0. The molecule has 8 nitrogen and oxygen atoms in total. The SMILES string of the molecule is COC(=O)N1c2ccc3c(nc(CN4CCC(C)(C)CC4=O)n3[C@@H]3CCC[C@@H](C(C)=O)C3)c2CC[C@@H]1C. The number of imidazole rings is 1. The van der Waals surface area contributed by atoms with Gasteiger partial charge in [0.05, 0.1) is 30.4 Å². The normalized spacial score (nSPS) is 25.8. The number of hydrogen-bond acceptors (Lipinski definition) is 5. The van der Waals surface area contributed by atoms with Gasteiger partial charge in [0.2, 0.25) is 5.91 Å². The lowest BCUT2D eigenvalue weighted by atomic mass is 9.82. The van der Waals surface area contributed by atoms with Crippen molar-refractivity contribution < 1.29 is 19.1 Å². The summed E-state index contributed by atoms with van der Waals surface area (Å²) in [7, 11) is 1.42. The third-order valence-corrected chi connectivity index (χ3v) is 8.86. The summed E-state index contributed by atoms with van der Waals surface area (Å²) in [6.07, 6.45) is 6.56. The van der Waals surface area contributed by atoms with E-state index in [-0.39, 0.29) is 41.2 Å². The summed E-state index contributed by atoms with van der Waals surface area (Å²) in [5.41, 5.74) is 3.88. The molecular weight excluding hydrogens is 468 g/mol. The predicted molar refractivity (Wildman–Crippen MR) is 143 cm³/mol. The van der Waals surface area contributed by atoms with Gasteiger partial charge >= 0.3 is 6.09 Å². The highest BCUT2D eigenvalue weighted by molar-refractivity contribution is 5.95. The molecule has 2 fully saturated rings. The molecule has 3 aliphatic rings. The van der Waals surface area contributed by atoms with Gasteiger partial charge in [-0.3, -0.25) is 14.5 Å². The highest BCUT2D eigenvalue weighted by Crippen LogP contribution is 2.41. The summed E-state index contributed by atoms with van der Waals surface area (Å²) in [5.74, 6) is 1.38. The van der Waals surface area contributed by atoms with Crippen LogP contribution in [0.25, 0.3) is 11.0 Å². The summed E-state index contributed by atoms with van der Waals surface area (Å²) in [6, 6.07) is 4.29. The topological polar surface area (TPSA) is 84.7 Å². The van der Waals surface area contributed by atoms with Crippen LogP contribution in [0, 0.1) is 11.3 Å². The molecule has 3 atom stereocenters. The number of ether oxygens (including phenoxy) is 1. The van der Waals surface area contributed by atoms with Gasteiger partial charge in [-0.15, -0.1) is 0 Å². The molecule has 37 heavy (non-hydrogen) atoms. The van der Waals surface area contributed by atoms with E-state index in [2.05, 4.69) is 24.5 Å². The monoisotopic (exact) mass is 508 g/mol. The van der Waals surface area contributed by atoms with E-state index in [9.17, 15) is 14.4 Å². The summed E-state index contributed by atoms with van der Waals surface area (Å²) >= 11 is 0. The quantitative estimate of drug-likeness (QED) is 0.551. The highest BCUT2D eigenvalue weighted by atomic mass is 16.5. The first kappa shape index (κ1) is 25.7. The molecule has 3 heterocycles. The average Bonchev–Trinajstić information content (AvgIpc) is 3.23. The van der Waals surface area contributed by atoms with E-state index in [1.807, 2.05) is 17.9 Å². The van der Waals surface area contributed by atoms with Gasteiger partial charge in [0.15, 0.2) is 0 Å². The first-order valence-electron chi connectivity index (χ1n) is 13.8. The lowest BCUT2D eigenvalue weighted by molar-refractivity contribution is -0.138. The van der Waals surface area contributed by atoms with E-state index >= 15 is 0 Å². The van der Waals surface area contributed by atoms with Crippen molar-refractivity contribution in [3.63, 3.8) is 0 Å². The summed E-state index contributed by atoms with van der Waals surface area (Å²) in [5, 5.41) is 0. The van der Waals surface area contributed by atoms with Crippen molar-refractivity contribution in [2.45, 2.75) is 97.7 Å². The summed E-state index contributed by atoms with van der Waals surface area (Å²) < 4.78 is 7.42. The second kappa shape index (κ2) is 9.76. The number of ketones is 1. The molecule has 2 aromatic rings. The fourth-order valence-corrected chi connectivity index (χ4v) is 6.62. The minimum Gasteiger partial charge on any atom is -0.452 e. The lowest BCUT2D eigenvalue weighted by Crippen LogP contribution is -2.42. The Kier molecular flexibility index (Phi) is 6.79. The Labute approximate surface area is 219 Å². The van der Waals surface area contributed by atoms with Crippen molar-refractivity contribution in [1.82, 2.24) is 14.5 Å². The molecule has 5 rings (SSSR count). The van der Waals surface area contributed by atoms with Crippen molar-refractivity contribution >= 4 is 34.5 Å². The van der Waals surface area contributed by atoms with Crippen LogP contribution in [0.2, 0.25) is 0 Å². The Hall–Kier alpha value is -2.90. The average molecular weight is 509 g/mol. The maximum atomic E-state index is 13.1. The highest BCUT2D eigenvalue weighted by Gasteiger charge is 2.36. The van der Waals surface area contributed by atoms with Crippen molar-refractivity contribution in [3.8, 4) is 0 Å². The van der Waals surface area contributed by atoms with Crippen LogP contribution in [0.5, 0.6) is 0 Å². The van der Waals surface area contributed by atoms with Gasteiger partial charge < -0.3 is 14.2 Å². The van der Waals surface area contributed by atoms with Crippen LogP contribution in [0.3, 0.4) is 0 Å². The smallest absolute Gasteiger partial charge is 0.414 e. The van der Waals surface area contributed by atoms with Gasteiger partial charge in [-0.1, -0.05) is 20.3 Å². The molecular formula is C29H40N4O4. The Bertz CT molecular complexity index is 1230. The zero-order valence-electron chi connectivity index (χ0n) is 22.9. The van der Waals surface area contributed by atoms with Crippen molar-refractivity contribution in [2.75, 3.05) is 18.6 Å². The second-order valence-corrected chi connectivity index (χ2v) is 12.1. The molecule has 200 valence electrons. The summed E-state index contributed by atoms with van der Waals surface area (Å²) in [4.78, 5) is 46.9. The Morgan fingerprint density at radius 3 is 2.68 bits per heavy atom. The number of methoxy groups -OCH3 is 1. The number of carbonyl (C=O) groups excluding carboxylic acids is 3. The van der Waals surface area contributed by atoms with Gasteiger partial charge in [-0.25, -0.2) is 9.78 Å². The molecule has 2 amide bonds. The minimum absolute atomic E-state index is 0.0267. The molecule has 1 aliphatic carbocycles. The van der Waals surface area contributed by atoms with Gasteiger partial charge in [-0.05, 0) is 69.9 Å². The first-order valence-corrected chi connectivity index (χ1v) is 13.8. The largest absolute Gasteiger partial charge is 0.452 e. The zero-order chi connectivity index (χ0) is 26.5. The number of amides is 2. The standard InChI is InChI=1S/C29H40N4O4/c1-18-9-10-22-23(32(18)28(36)37-5)11-12-24-27(22)30-25(17-31-14-13-29(3,4)16-26(31)35)33(24)21-8-6-7-20(15-21)19(2)34/h11-12,18,20-21H,6-10,13-17H2,1-5H3/t18-,20+,21+/m0/s1. The van der Waals surface area contributed by atoms with Gasteiger partial charge in [0, 0.05) is 36.5 Å².